The van der Waals surface area contributed by atoms with E-state index in [9.17, 15) is 4.79 Å². The standard InChI is InChI=1S/C18H17ClN2O2/c1-23-17(22)7-4-5-13-14-11-12(19)8-9-15(14)21-18(13)16-6-2-3-10-20-16/h2-3,6,8-11,21H,4-5,7H2,1H3. The zero-order valence-corrected chi connectivity index (χ0v) is 13.6. The number of methoxy groups -OCH3 is 1. The number of aromatic nitrogens is 2. The number of esters is 1. The molecule has 1 aromatic carbocycles. The molecule has 0 aliphatic rings. The molecule has 0 bridgehead atoms. The summed E-state index contributed by atoms with van der Waals surface area (Å²) in [6.45, 7) is 0. The molecular formula is C18H17ClN2O2. The Balaban J connectivity index is 2.01. The molecule has 118 valence electrons. The number of hydrogen-bond acceptors (Lipinski definition) is 3. The Labute approximate surface area is 139 Å². The van der Waals surface area contributed by atoms with Crippen LogP contribution >= 0.6 is 11.6 Å². The predicted octanol–water partition coefficient (Wildman–Crippen LogP) is 4.38. The molecule has 2 heterocycles. The molecular weight excluding hydrogens is 312 g/mol. The number of aryl methyl sites for hydroxylation is 1. The van der Waals surface area contributed by atoms with E-state index < -0.39 is 0 Å². The van der Waals surface area contributed by atoms with Gasteiger partial charge in [0, 0.05) is 28.5 Å². The maximum atomic E-state index is 11.3. The highest BCUT2D eigenvalue weighted by Crippen LogP contribution is 2.32. The quantitative estimate of drug-likeness (QED) is 0.707. The van der Waals surface area contributed by atoms with Crippen LogP contribution in [0.15, 0.2) is 42.6 Å². The molecule has 0 fully saturated rings. The van der Waals surface area contributed by atoms with Gasteiger partial charge in [-0.25, -0.2) is 0 Å². The van der Waals surface area contributed by atoms with E-state index >= 15 is 0 Å². The van der Waals surface area contributed by atoms with Crippen LogP contribution in [0.2, 0.25) is 5.02 Å². The Kier molecular flexibility index (Phi) is 4.63. The van der Waals surface area contributed by atoms with Gasteiger partial charge in [-0.1, -0.05) is 17.7 Å². The summed E-state index contributed by atoms with van der Waals surface area (Å²) in [6.07, 6.45) is 3.63. The number of carbonyl (C=O) groups is 1. The lowest BCUT2D eigenvalue weighted by Gasteiger charge is -2.04. The summed E-state index contributed by atoms with van der Waals surface area (Å²) in [5, 5.41) is 1.77. The zero-order chi connectivity index (χ0) is 16.2. The number of H-pyrrole nitrogens is 1. The van der Waals surface area contributed by atoms with Crippen molar-refractivity contribution in [3.05, 3.63) is 53.2 Å². The van der Waals surface area contributed by atoms with Gasteiger partial charge in [0.1, 0.15) is 0 Å². The molecule has 2 aromatic heterocycles. The van der Waals surface area contributed by atoms with E-state index in [0.29, 0.717) is 17.9 Å². The first-order valence-corrected chi connectivity index (χ1v) is 7.85. The average Bonchev–Trinajstić information content (AvgIpc) is 2.93. The van der Waals surface area contributed by atoms with Crippen molar-refractivity contribution in [1.29, 1.82) is 0 Å². The topological polar surface area (TPSA) is 55.0 Å². The molecule has 0 radical (unpaired) electrons. The van der Waals surface area contributed by atoms with Gasteiger partial charge in [0.05, 0.1) is 18.5 Å². The molecule has 0 unspecified atom stereocenters. The van der Waals surface area contributed by atoms with E-state index in [0.717, 1.165) is 34.3 Å². The number of halogens is 1. The van der Waals surface area contributed by atoms with Gasteiger partial charge in [0.15, 0.2) is 0 Å². The number of ether oxygens (including phenoxy) is 1. The Bertz CT molecular complexity index is 828. The van der Waals surface area contributed by atoms with Gasteiger partial charge in [-0.2, -0.15) is 0 Å². The number of carbonyl (C=O) groups excluding carboxylic acids is 1. The fraction of sp³-hybridized carbons (Fsp3) is 0.222. The van der Waals surface area contributed by atoms with Crippen molar-refractivity contribution >= 4 is 28.5 Å². The monoisotopic (exact) mass is 328 g/mol. The van der Waals surface area contributed by atoms with Crippen LogP contribution in [0.5, 0.6) is 0 Å². The molecule has 0 spiro atoms. The van der Waals surface area contributed by atoms with Crippen LogP contribution in [-0.2, 0) is 16.0 Å². The van der Waals surface area contributed by atoms with E-state index in [2.05, 4.69) is 9.97 Å². The number of benzene rings is 1. The maximum Gasteiger partial charge on any atom is 0.305 e. The molecule has 0 aliphatic carbocycles. The normalized spacial score (nSPS) is 10.9. The van der Waals surface area contributed by atoms with E-state index in [-0.39, 0.29) is 5.97 Å². The van der Waals surface area contributed by atoms with Gasteiger partial charge in [0.2, 0.25) is 0 Å². The van der Waals surface area contributed by atoms with Gasteiger partial charge < -0.3 is 9.72 Å². The van der Waals surface area contributed by atoms with E-state index in [4.69, 9.17) is 16.3 Å². The van der Waals surface area contributed by atoms with Crippen LogP contribution in [0.3, 0.4) is 0 Å². The summed E-state index contributed by atoms with van der Waals surface area (Å²) >= 11 is 6.15. The zero-order valence-electron chi connectivity index (χ0n) is 12.8. The molecule has 0 saturated carbocycles. The Morgan fingerprint density at radius 2 is 2.17 bits per heavy atom. The van der Waals surface area contributed by atoms with Crippen LogP contribution < -0.4 is 0 Å². The van der Waals surface area contributed by atoms with E-state index in [1.807, 2.05) is 36.4 Å². The smallest absolute Gasteiger partial charge is 0.305 e. The lowest BCUT2D eigenvalue weighted by Crippen LogP contribution is -2.01. The lowest BCUT2D eigenvalue weighted by atomic mass is 10.0. The molecule has 0 amide bonds. The van der Waals surface area contributed by atoms with Gasteiger partial charge in [0.25, 0.3) is 0 Å². The van der Waals surface area contributed by atoms with Crippen LogP contribution in [0, 0.1) is 0 Å². The third-order valence-corrected chi connectivity index (χ3v) is 4.06. The van der Waals surface area contributed by atoms with Crippen molar-refractivity contribution in [2.24, 2.45) is 0 Å². The maximum absolute atomic E-state index is 11.3. The highest BCUT2D eigenvalue weighted by Gasteiger charge is 2.14. The molecule has 0 atom stereocenters. The first kappa shape index (κ1) is 15.6. The summed E-state index contributed by atoms with van der Waals surface area (Å²) in [4.78, 5) is 19.2. The van der Waals surface area contributed by atoms with Gasteiger partial charge in [-0.15, -0.1) is 0 Å². The largest absolute Gasteiger partial charge is 0.469 e. The molecule has 23 heavy (non-hydrogen) atoms. The summed E-state index contributed by atoms with van der Waals surface area (Å²) in [7, 11) is 1.41. The number of rotatable bonds is 5. The number of aromatic amines is 1. The fourth-order valence-electron chi connectivity index (χ4n) is 2.72. The molecule has 1 N–H and O–H groups in total. The molecule has 0 saturated heterocycles. The minimum Gasteiger partial charge on any atom is -0.469 e. The van der Waals surface area contributed by atoms with Gasteiger partial charge in [-0.05, 0) is 48.7 Å². The highest BCUT2D eigenvalue weighted by atomic mass is 35.5. The first-order chi connectivity index (χ1) is 11.2. The third-order valence-electron chi connectivity index (χ3n) is 3.82. The summed E-state index contributed by atoms with van der Waals surface area (Å²) in [5.74, 6) is -0.192. The van der Waals surface area contributed by atoms with Crippen LogP contribution in [0.1, 0.15) is 18.4 Å². The third kappa shape index (κ3) is 3.37. The predicted molar refractivity (Wildman–Crippen MR) is 91.5 cm³/mol. The Hall–Kier alpha value is -2.33. The Morgan fingerprint density at radius 3 is 2.91 bits per heavy atom. The molecule has 0 aliphatic heterocycles. The molecule has 5 heteroatoms. The lowest BCUT2D eigenvalue weighted by molar-refractivity contribution is -0.140. The summed E-state index contributed by atoms with van der Waals surface area (Å²) in [5.41, 5.74) is 4.01. The van der Waals surface area contributed by atoms with Crippen LogP contribution in [0.4, 0.5) is 0 Å². The molecule has 3 rings (SSSR count). The summed E-state index contributed by atoms with van der Waals surface area (Å²) < 4.78 is 4.71. The SMILES string of the molecule is COC(=O)CCCc1c(-c2ccccn2)[nH]c2ccc(Cl)cc12. The minimum absolute atomic E-state index is 0.192. The number of nitrogens with zero attached hydrogens (tertiary/aromatic N) is 1. The number of fused-ring (bicyclic) bond motifs is 1. The number of hydrogen-bond donors (Lipinski definition) is 1. The molecule has 3 aromatic rings. The van der Waals surface area contributed by atoms with Crippen LogP contribution in [0.25, 0.3) is 22.3 Å². The summed E-state index contributed by atoms with van der Waals surface area (Å²) in [6, 6.07) is 11.6. The van der Waals surface area contributed by atoms with Gasteiger partial charge >= 0.3 is 5.97 Å². The van der Waals surface area contributed by atoms with Gasteiger partial charge in [-0.3, -0.25) is 9.78 Å². The van der Waals surface area contributed by atoms with Crippen LogP contribution in [-0.4, -0.2) is 23.0 Å². The number of pyridine rings is 1. The Morgan fingerprint density at radius 1 is 1.30 bits per heavy atom. The second-order valence-corrected chi connectivity index (χ2v) is 5.75. The fourth-order valence-corrected chi connectivity index (χ4v) is 2.89. The number of nitrogens with one attached hydrogen (secondary N) is 1. The van der Waals surface area contributed by atoms with Crippen molar-refractivity contribution in [2.45, 2.75) is 19.3 Å². The van der Waals surface area contributed by atoms with E-state index in [1.165, 1.54) is 7.11 Å². The highest BCUT2D eigenvalue weighted by molar-refractivity contribution is 6.31. The molecule has 4 nitrogen and oxygen atoms in total. The van der Waals surface area contributed by atoms with E-state index in [1.54, 1.807) is 6.20 Å². The van der Waals surface area contributed by atoms with Crippen molar-refractivity contribution < 1.29 is 9.53 Å². The van der Waals surface area contributed by atoms with Crippen molar-refractivity contribution in [1.82, 2.24) is 9.97 Å². The average molecular weight is 329 g/mol. The second kappa shape index (κ2) is 6.84. The van der Waals surface area contributed by atoms with Crippen molar-refractivity contribution in [3.63, 3.8) is 0 Å². The second-order valence-electron chi connectivity index (χ2n) is 5.31. The van der Waals surface area contributed by atoms with Crippen molar-refractivity contribution in [3.8, 4) is 11.4 Å². The first-order valence-electron chi connectivity index (χ1n) is 7.47. The minimum atomic E-state index is -0.192. The van der Waals surface area contributed by atoms with Crippen molar-refractivity contribution in [2.75, 3.05) is 7.11 Å².